The van der Waals surface area contributed by atoms with Crippen molar-refractivity contribution < 1.29 is 14.7 Å². The van der Waals surface area contributed by atoms with Crippen LogP contribution >= 0.6 is 0 Å². The summed E-state index contributed by atoms with van der Waals surface area (Å²) in [7, 11) is 0. The molecule has 0 aliphatic heterocycles. The summed E-state index contributed by atoms with van der Waals surface area (Å²) in [6, 6.07) is 0. The summed E-state index contributed by atoms with van der Waals surface area (Å²) < 4.78 is 0. The molecule has 1 saturated carbocycles. The summed E-state index contributed by atoms with van der Waals surface area (Å²) in [6.45, 7) is 5.88. The largest absolute Gasteiger partial charge is 0.480 e. The number of aliphatic carboxylic acids is 1. The van der Waals surface area contributed by atoms with Crippen LogP contribution in [0.2, 0.25) is 0 Å². The molecule has 0 heterocycles. The van der Waals surface area contributed by atoms with E-state index in [4.69, 9.17) is 5.73 Å². The lowest BCUT2D eigenvalue weighted by Gasteiger charge is -2.40. The van der Waals surface area contributed by atoms with Gasteiger partial charge >= 0.3 is 5.97 Å². The van der Waals surface area contributed by atoms with Crippen molar-refractivity contribution in [3.63, 3.8) is 0 Å². The van der Waals surface area contributed by atoms with Gasteiger partial charge in [0.15, 0.2) is 0 Å². The second-order valence-electron chi connectivity index (χ2n) is 6.44. The van der Waals surface area contributed by atoms with E-state index in [1.54, 1.807) is 13.8 Å². The molecule has 5 nitrogen and oxygen atoms in total. The molecule has 3 N–H and O–H groups in total. The molecule has 20 heavy (non-hydrogen) atoms. The number of amides is 1. The monoisotopic (exact) mass is 284 g/mol. The van der Waals surface area contributed by atoms with Crippen molar-refractivity contribution in [2.75, 3.05) is 13.1 Å². The molecular weight excluding hydrogens is 256 g/mol. The summed E-state index contributed by atoms with van der Waals surface area (Å²) in [5.41, 5.74) is 4.61. The number of rotatable bonds is 6. The van der Waals surface area contributed by atoms with Crippen LogP contribution in [0.5, 0.6) is 0 Å². The third kappa shape index (κ3) is 3.51. The van der Waals surface area contributed by atoms with E-state index in [0.29, 0.717) is 19.5 Å². The Hall–Kier alpha value is -1.10. The van der Waals surface area contributed by atoms with Gasteiger partial charge in [-0.05, 0) is 45.6 Å². The maximum atomic E-state index is 12.6. The fourth-order valence-corrected chi connectivity index (χ4v) is 3.17. The second-order valence-corrected chi connectivity index (χ2v) is 6.44. The molecule has 116 valence electrons. The van der Waals surface area contributed by atoms with Crippen molar-refractivity contribution in [1.29, 1.82) is 0 Å². The number of carboxylic acids is 1. The Labute approximate surface area is 121 Å². The normalized spacial score (nSPS) is 18.6. The van der Waals surface area contributed by atoms with Crippen LogP contribution in [-0.4, -0.2) is 40.5 Å². The minimum Gasteiger partial charge on any atom is -0.480 e. The first kappa shape index (κ1) is 17.0. The average molecular weight is 284 g/mol. The zero-order valence-electron chi connectivity index (χ0n) is 12.9. The Bertz CT molecular complexity index is 360. The highest BCUT2D eigenvalue weighted by atomic mass is 16.4. The molecule has 1 aliphatic carbocycles. The van der Waals surface area contributed by atoms with Crippen molar-refractivity contribution >= 4 is 11.9 Å². The average Bonchev–Trinajstić information content (AvgIpc) is 2.40. The highest BCUT2D eigenvalue weighted by molar-refractivity contribution is 5.86. The smallest absolute Gasteiger partial charge is 0.329 e. The van der Waals surface area contributed by atoms with E-state index in [1.165, 1.54) is 11.3 Å². The van der Waals surface area contributed by atoms with E-state index in [9.17, 15) is 14.7 Å². The summed E-state index contributed by atoms with van der Waals surface area (Å²) in [5.74, 6) is -1.06. The third-order valence-corrected chi connectivity index (χ3v) is 4.69. The predicted octanol–water partition coefficient (Wildman–Crippen LogP) is 2.00. The van der Waals surface area contributed by atoms with Crippen LogP contribution in [0.1, 0.15) is 59.3 Å². The number of hydrogen-bond acceptors (Lipinski definition) is 3. The van der Waals surface area contributed by atoms with Gasteiger partial charge in [0.25, 0.3) is 0 Å². The molecule has 0 atom stereocenters. The van der Waals surface area contributed by atoms with Gasteiger partial charge in [-0.25, -0.2) is 4.79 Å². The van der Waals surface area contributed by atoms with Gasteiger partial charge in [0.05, 0.1) is 0 Å². The highest BCUT2D eigenvalue weighted by Gasteiger charge is 2.40. The fraction of sp³-hybridized carbons (Fsp3) is 0.867. The summed E-state index contributed by atoms with van der Waals surface area (Å²) in [5, 5.41) is 9.30. The quantitative estimate of drug-likeness (QED) is 0.781. The summed E-state index contributed by atoms with van der Waals surface area (Å²) in [6.07, 6.45) is 5.74. The molecule has 0 aromatic carbocycles. The topological polar surface area (TPSA) is 83.6 Å². The lowest BCUT2D eigenvalue weighted by Crippen LogP contribution is -2.54. The minimum absolute atomic E-state index is 0.0905. The molecule has 0 aromatic heterocycles. The third-order valence-electron chi connectivity index (χ3n) is 4.69. The van der Waals surface area contributed by atoms with Crippen LogP contribution in [0, 0.1) is 5.41 Å². The van der Waals surface area contributed by atoms with Crippen LogP contribution in [-0.2, 0) is 9.59 Å². The first-order chi connectivity index (χ1) is 9.29. The zero-order valence-corrected chi connectivity index (χ0v) is 12.9. The van der Waals surface area contributed by atoms with Gasteiger partial charge in [-0.15, -0.1) is 0 Å². The Morgan fingerprint density at radius 3 is 2.20 bits per heavy atom. The Kier molecular flexibility index (Phi) is 5.57. The van der Waals surface area contributed by atoms with E-state index in [1.807, 2.05) is 6.92 Å². The van der Waals surface area contributed by atoms with Gasteiger partial charge in [-0.2, -0.15) is 0 Å². The predicted molar refractivity (Wildman–Crippen MR) is 78.3 cm³/mol. The van der Waals surface area contributed by atoms with E-state index in [2.05, 4.69) is 0 Å². The molecule has 1 amide bonds. The molecular formula is C15H28N2O3. The van der Waals surface area contributed by atoms with Gasteiger partial charge in [0.2, 0.25) is 5.91 Å². The van der Waals surface area contributed by atoms with Crippen LogP contribution in [0.4, 0.5) is 0 Å². The minimum atomic E-state index is -1.17. The first-order valence-corrected chi connectivity index (χ1v) is 7.53. The highest BCUT2D eigenvalue weighted by Crippen LogP contribution is 2.39. The van der Waals surface area contributed by atoms with Crippen molar-refractivity contribution in [1.82, 2.24) is 4.90 Å². The lowest BCUT2D eigenvalue weighted by atomic mass is 9.71. The molecule has 0 radical (unpaired) electrons. The number of carbonyl (C=O) groups excluding carboxylic acids is 1. The number of nitrogens with two attached hydrogens (primary N) is 1. The molecule has 1 aliphatic rings. The maximum absolute atomic E-state index is 12.6. The fourth-order valence-electron chi connectivity index (χ4n) is 3.17. The molecule has 0 aromatic rings. The van der Waals surface area contributed by atoms with Gasteiger partial charge in [0.1, 0.15) is 5.54 Å². The molecule has 0 saturated heterocycles. The standard InChI is InChI=1S/C15H28N2O3/c1-4-17(14(2,3)13(19)20)12(18)10-15(11-16)8-6-5-7-9-15/h4-11,16H2,1-3H3,(H,19,20). The van der Waals surface area contributed by atoms with E-state index >= 15 is 0 Å². The first-order valence-electron chi connectivity index (χ1n) is 7.53. The molecule has 0 unspecified atom stereocenters. The Balaban J connectivity index is 2.84. The number of carbonyl (C=O) groups is 2. The van der Waals surface area contributed by atoms with Gasteiger partial charge in [-0.3, -0.25) is 4.79 Å². The molecule has 1 rings (SSSR count). The molecule has 0 spiro atoms. The Morgan fingerprint density at radius 1 is 1.25 bits per heavy atom. The number of likely N-dealkylation sites (N-methyl/N-ethyl adjacent to an activating group) is 1. The van der Waals surface area contributed by atoms with Crippen molar-refractivity contribution in [3.05, 3.63) is 0 Å². The van der Waals surface area contributed by atoms with E-state index < -0.39 is 11.5 Å². The van der Waals surface area contributed by atoms with Gasteiger partial charge in [0, 0.05) is 13.0 Å². The molecule has 5 heteroatoms. The van der Waals surface area contributed by atoms with Crippen LogP contribution < -0.4 is 5.73 Å². The van der Waals surface area contributed by atoms with Crippen LogP contribution in [0.3, 0.4) is 0 Å². The Morgan fingerprint density at radius 2 is 1.80 bits per heavy atom. The van der Waals surface area contributed by atoms with E-state index in [0.717, 1.165) is 25.7 Å². The number of carboxylic acid groups (broad SMARTS) is 1. The van der Waals surface area contributed by atoms with Gasteiger partial charge in [-0.1, -0.05) is 19.3 Å². The number of nitrogens with zero attached hydrogens (tertiary/aromatic N) is 1. The zero-order chi connectivity index (χ0) is 15.4. The van der Waals surface area contributed by atoms with Gasteiger partial charge < -0.3 is 15.7 Å². The van der Waals surface area contributed by atoms with Crippen molar-refractivity contribution in [2.45, 2.75) is 64.8 Å². The second kappa shape index (κ2) is 6.57. The van der Waals surface area contributed by atoms with Crippen LogP contribution in [0.15, 0.2) is 0 Å². The van der Waals surface area contributed by atoms with Crippen molar-refractivity contribution in [2.24, 2.45) is 11.1 Å². The molecule has 1 fully saturated rings. The summed E-state index contributed by atoms with van der Waals surface area (Å²) >= 11 is 0. The summed E-state index contributed by atoms with van der Waals surface area (Å²) in [4.78, 5) is 25.4. The van der Waals surface area contributed by atoms with E-state index in [-0.39, 0.29) is 11.3 Å². The number of hydrogen-bond donors (Lipinski definition) is 2. The van der Waals surface area contributed by atoms with Crippen molar-refractivity contribution in [3.8, 4) is 0 Å². The molecule has 0 bridgehead atoms. The maximum Gasteiger partial charge on any atom is 0.329 e. The lowest BCUT2D eigenvalue weighted by molar-refractivity contribution is -0.157. The van der Waals surface area contributed by atoms with Crippen LogP contribution in [0.25, 0.3) is 0 Å². The SMILES string of the molecule is CCN(C(=O)CC1(CN)CCCCC1)C(C)(C)C(=O)O.